The van der Waals surface area contributed by atoms with E-state index in [1.807, 2.05) is 0 Å². The number of piperidine rings is 1. The van der Waals surface area contributed by atoms with E-state index in [4.69, 9.17) is 0 Å². The third-order valence-corrected chi connectivity index (χ3v) is 5.44. The second kappa shape index (κ2) is 9.37. The molecule has 0 atom stereocenters. The van der Waals surface area contributed by atoms with Gasteiger partial charge in [0.25, 0.3) is 0 Å². The maximum atomic E-state index is 12.4. The zero-order valence-corrected chi connectivity index (χ0v) is 16.1. The van der Waals surface area contributed by atoms with Crippen LogP contribution in [-0.4, -0.2) is 42.3 Å². The van der Waals surface area contributed by atoms with Crippen molar-refractivity contribution in [3.8, 4) is 5.75 Å². The topological polar surface area (TPSA) is 70.7 Å². The summed E-state index contributed by atoms with van der Waals surface area (Å²) in [5, 5.41) is 5.79. The molecule has 9 heteroatoms. The van der Waals surface area contributed by atoms with Crippen molar-refractivity contribution in [2.45, 2.75) is 57.3 Å². The van der Waals surface area contributed by atoms with Crippen molar-refractivity contribution in [1.82, 2.24) is 10.2 Å². The lowest BCUT2D eigenvalue weighted by atomic mass is 9.88. The Bertz CT molecular complexity index is 695. The van der Waals surface area contributed by atoms with Gasteiger partial charge >= 0.3 is 12.4 Å². The maximum Gasteiger partial charge on any atom is 0.573 e. The predicted octanol–water partition coefficient (Wildman–Crippen LogP) is 4.28. The van der Waals surface area contributed by atoms with Crippen LogP contribution in [0.1, 0.15) is 44.9 Å². The Morgan fingerprint density at radius 2 is 1.59 bits per heavy atom. The second-order valence-electron chi connectivity index (χ2n) is 7.61. The first-order valence-corrected chi connectivity index (χ1v) is 10.0. The molecule has 0 aromatic heterocycles. The summed E-state index contributed by atoms with van der Waals surface area (Å²) in [6.45, 7) is 1.02. The third kappa shape index (κ3) is 6.54. The van der Waals surface area contributed by atoms with Crippen molar-refractivity contribution in [2.75, 3.05) is 18.4 Å². The summed E-state index contributed by atoms with van der Waals surface area (Å²) in [6, 6.07) is 4.78. The van der Waals surface area contributed by atoms with Gasteiger partial charge in [0.1, 0.15) is 5.75 Å². The molecule has 6 nitrogen and oxygen atoms in total. The number of rotatable bonds is 4. The summed E-state index contributed by atoms with van der Waals surface area (Å²) in [5.41, 5.74) is 0.386. The normalized spacial score (nSPS) is 18.9. The number of alkyl halides is 3. The van der Waals surface area contributed by atoms with E-state index in [0.717, 1.165) is 37.8 Å². The Morgan fingerprint density at radius 3 is 2.17 bits per heavy atom. The summed E-state index contributed by atoms with van der Waals surface area (Å²) in [6.07, 6.45) is 1.96. The third-order valence-electron chi connectivity index (χ3n) is 5.44. The Labute approximate surface area is 167 Å². The van der Waals surface area contributed by atoms with Crippen molar-refractivity contribution in [3.05, 3.63) is 24.3 Å². The lowest BCUT2D eigenvalue weighted by Crippen LogP contribution is -2.49. The van der Waals surface area contributed by atoms with Gasteiger partial charge in [-0.25, -0.2) is 4.79 Å². The largest absolute Gasteiger partial charge is 0.573 e. The van der Waals surface area contributed by atoms with Gasteiger partial charge in [0.05, 0.1) is 0 Å². The Kier molecular flexibility index (Phi) is 6.87. The highest BCUT2D eigenvalue weighted by atomic mass is 19.4. The molecule has 1 heterocycles. The molecule has 160 valence electrons. The number of hydrogen-bond acceptors (Lipinski definition) is 3. The SMILES string of the molecule is O=C(NC1CCN(C(=O)Nc2ccc(OC(F)(F)F)cc2)CC1)C1CCCCC1. The van der Waals surface area contributed by atoms with E-state index < -0.39 is 6.36 Å². The molecule has 2 N–H and O–H groups in total. The number of carbonyl (C=O) groups is 2. The molecule has 3 amide bonds. The summed E-state index contributed by atoms with van der Waals surface area (Å²) in [5.74, 6) is -0.0897. The van der Waals surface area contributed by atoms with Crippen LogP contribution in [0.4, 0.5) is 23.7 Å². The molecule has 0 bridgehead atoms. The van der Waals surface area contributed by atoms with E-state index >= 15 is 0 Å². The number of likely N-dealkylation sites (tertiary alicyclic amines) is 1. The Morgan fingerprint density at radius 1 is 0.966 bits per heavy atom. The highest BCUT2D eigenvalue weighted by molar-refractivity contribution is 5.89. The van der Waals surface area contributed by atoms with Crippen LogP contribution in [0.5, 0.6) is 5.75 Å². The number of urea groups is 1. The van der Waals surface area contributed by atoms with Crippen LogP contribution in [0, 0.1) is 5.92 Å². The van der Waals surface area contributed by atoms with Crippen molar-refractivity contribution in [3.63, 3.8) is 0 Å². The first-order valence-electron chi connectivity index (χ1n) is 10.0. The van der Waals surface area contributed by atoms with Crippen molar-refractivity contribution >= 4 is 17.6 Å². The van der Waals surface area contributed by atoms with E-state index in [9.17, 15) is 22.8 Å². The van der Waals surface area contributed by atoms with Gasteiger partial charge in [-0.15, -0.1) is 13.2 Å². The van der Waals surface area contributed by atoms with E-state index in [1.165, 1.54) is 18.6 Å². The zero-order chi connectivity index (χ0) is 20.9. The molecular formula is C20H26F3N3O3. The van der Waals surface area contributed by atoms with Crippen LogP contribution < -0.4 is 15.4 Å². The number of anilines is 1. The Balaban J connectivity index is 1.42. The molecule has 1 aliphatic heterocycles. The number of nitrogens with zero attached hydrogens (tertiary/aromatic N) is 1. The number of benzene rings is 1. The maximum absolute atomic E-state index is 12.4. The molecule has 1 saturated heterocycles. The fourth-order valence-corrected chi connectivity index (χ4v) is 3.85. The van der Waals surface area contributed by atoms with Crippen LogP contribution in [0.25, 0.3) is 0 Å². The van der Waals surface area contributed by atoms with Crippen molar-refractivity contribution < 1.29 is 27.5 Å². The first-order chi connectivity index (χ1) is 13.8. The van der Waals surface area contributed by atoms with Gasteiger partial charge in [0, 0.05) is 30.7 Å². The predicted molar refractivity (Wildman–Crippen MR) is 101 cm³/mol. The van der Waals surface area contributed by atoms with Crippen LogP contribution in [-0.2, 0) is 4.79 Å². The highest BCUT2D eigenvalue weighted by Gasteiger charge is 2.31. The molecule has 3 rings (SSSR count). The summed E-state index contributed by atoms with van der Waals surface area (Å²) < 4.78 is 40.4. The molecule has 0 unspecified atom stereocenters. The van der Waals surface area contributed by atoms with Crippen LogP contribution in [0.3, 0.4) is 0 Å². The standard InChI is InChI=1S/C20H26F3N3O3/c21-20(22,23)29-17-8-6-15(7-9-17)25-19(28)26-12-10-16(11-13-26)24-18(27)14-4-2-1-3-5-14/h6-9,14,16H,1-5,10-13H2,(H,24,27)(H,25,28). The van der Waals surface area contributed by atoms with Gasteiger partial charge in [-0.2, -0.15) is 0 Å². The molecule has 2 fully saturated rings. The monoisotopic (exact) mass is 413 g/mol. The average Bonchev–Trinajstić information content (AvgIpc) is 2.69. The van der Waals surface area contributed by atoms with Crippen LogP contribution >= 0.6 is 0 Å². The molecule has 1 aromatic carbocycles. The van der Waals surface area contributed by atoms with E-state index in [0.29, 0.717) is 31.6 Å². The first kappa shape index (κ1) is 21.3. The lowest BCUT2D eigenvalue weighted by molar-refractivity contribution is -0.274. The fourth-order valence-electron chi connectivity index (χ4n) is 3.85. The van der Waals surface area contributed by atoms with Crippen LogP contribution in [0.15, 0.2) is 24.3 Å². The summed E-state index contributed by atoms with van der Waals surface area (Å²) >= 11 is 0. The van der Waals surface area contributed by atoms with Crippen molar-refractivity contribution in [1.29, 1.82) is 0 Å². The molecular weight excluding hydrogens is 387 g/mol. The van der Waals surface area contributed by atoms with Gasteiger partial charge < -0.3 is 20.3 Å². The van der Waals surface area contributed by atoms with E-state index in [1.54, 1.807) is 4.90 Å². The molecule has 1 saturated carbocycles. The van der Waals surface area contributed by atoms with E-state index in [2.05, 4.69) is 15.4 Å². The number of ether oxygens (including phenoxy) is 1. The quantitative estimate of drug-likeness (QED) is 0.774. The zero-order valence-electron chi connectivity index (χ0n) is 16.1. The van der Waals surface area contributed by atoms with Gasteiger partial charge in [-0.3, -0.25) is 4.79 Å². The summed E-state index contributed by atoms with van der Waals surface area (Å²) in [7, 11) is 0. The minimum atomic E-state index is -4.75. The number of amides is 3. The summed E-state index contributed by atoms with van der Waals surface area (Å²) in [4.78, 5) is 26.4. The molecule has 2 aliphatic rings. The average molecular weight is 413 g/mol. The molecule has 0 spiro atoms. The minimum Gasteiger partial charge on any atom is -0.406 e. The number of hydrogen-bond donors (Lipinski definition) is 2. The van der Waals surface area contributed by atoms with E-state index in [-0.39, 0.29) is 29.6 Å². The number of halogens is 3. The van der Waals surface area contributed by atoms with Crippen molar-refractivity contribution in [2.24, 2.45) is 5.92 Å². The molecule has 1 aliphatic carbocycles. The number of nitrogens with one attached hydrogen (secondary N) is 2. The fraction of sp³-hybridized carbons (Fsp3) is 0.600. The van der Waals surface area contributed by atoms with Gasteiger partial charge in [-0.1, -0.05) is 19.3 Å². The molecule has 29 heavy (non-hydrogen) atoms. The minimum absolute atomic E-state index is 0.0762. The second-order valence-corrected chi connectivity index (χ2v) is 7.61. The Hall–Kier alpha value is -2.45. The van der Waals surface area contributed by atoms with Gasteiger partial charge in [-0.05, 0) is 49.9 Å². The molecule has 0 radical (unpaired) electrons. The lowest BCUT2D eigenvalue weighted by Gasteiger charge is -2.33. The molecule has 1 aromatic rings. The van der Waals surface area contributed by atoms with Gasteiger partial charge in [0.2, 0.25) is 5.91 Å². The smallest absolute Gasteiger partial charge is 0.406 e. The van der Waals surface area contributed by atoms with Crippen LogP contribution in [0.2, 0.25) is 0 Å². The highest BCUT2D eigenvalue weighted by Crippen LogP contribution is 2.25. The van der Waals surface area contributed by atoms with Gasteiger partial charge in [0.15, 0.2) is 0 Å². The number of carbonyl (C=O) groups excluding carboxylic acids is 2.